The highest BCUT2D eigenvalue weighted by atomic mass is 16.3. The topological polar surface area (TPSA) is 73.1 Å². The molecule has 5 nitrogen and oxygen atoms in total. The largest absolute Gasteiger partial charge is 0.493 e. The SMILES string of the molecule is Oc1[nH]c2ccccc2c1N=NC1=NCCC1. The van der Waals surface area contributed by atoms with Crippen molar-refractivity contribution in [2.75, 3.05) is 6.54 Å². The molecule has 1 aliphatic rings. The van der Waals surface area contributed by atoms with Crippen LogP contribution in [0.4, 0.5) is 5.69 Å². The van der Waals surface area contributed by atoms with E-state index in [0.717, 1.165) is 36.1 Å². The number of hydrogen-bond donors (Lipinski definition) is 2. The number of amidine groups is 1. The molecule has 0 saturated heterocycles. The Hall–Kier alpha value is -2.17. The lowest BCUT2D eigenvalue weighted by Crippen LogP contribution is -1.83. The molecule has 1 aromatic carbocycles. The van der Waals surface area contributed by atoms with E-state index >= 15 is 0 Å². The average molecular weight is 228 g/mol. The maximum absolute atomic E-state index is 9.76. The summed E-state index contributed by atoms with van der Waals surface area (Å²) < 4.78 is 0. The van der Waals surface area contributed by atoms with Gasteiger partial charge in [-0.25, -0.2) is 0 Å². The second kappa shape index (κ2) is 4.01. The Morgan fingerprint density at radius 2 is 2.12 bits per heavy atom. The van der Waals surface area contributed by atoms with Crippen LogP contribution in [-0.2, 0) is 0 Å². The molecule has 0 spiro atoms. The van der Waals surface area contributed by atoms with E-state index in [-0.39, 0.29) is 5.88 Å². The number of nitrogens with one attached hydrogen (secondary N) is 1. The third-order valence-electron chi connectivity index (χ3n) is 2.78. The summed E-state index contributed by atoms with van der Waals surface area (Å²) in [6.07, 6.45) is 1.90. The number of aromatic nitrogens is 1. The zero-order valence-corrected chi connectivity index (χ0v) is 9.22. The second-order valence-electron chi connectivity index (χ2n) is 3.97. The van der Waals surface area contributed by atoms with Gasteiger partial charge in [-0.15, -0.1) is 10.2 Å². The molecular formula is C12H12N4O. The number of H-pyrrole nitrogens is 1. The third kappa shape index (κ3) is 1.80. The van der Waals surface area contributed by atoms with Gasteiger partial charge in [0.15, 0.2) is 5.69 Å². The molecule has 2 aromatic rings. The summed E-state index contributed by atoms with van der Waals surface area (Å²) in [6, 6.07) is 7.60. The molecule has 17 heavy (non-hydrogen) atoms. The van der Waals surface area contributed by atoms with E-state index in [1.807, 2.05) is 24.3 Å². The van der Waals surface area contributed by atoms with Crippen molar-refractivity contribution in [3.05, 3.63) is 24.3 Å². The molecule has 1 aromatic heterocycles. The van der Waals surface area contributed by atoms with E-state index in [9.17, 15) is 5.11 Å². The van der Waals surface area contributed by atoms with Gasteiger partial charge in [0.25, 0.3) is 0 Å². The summed E-state index contributed by atoms with van der Waals surface area (Å²) in [4.78, 5) is 7.07. The number of hydrogen-bond acceptors (Lipinski definition) is 4. The van der Waals surface area contributed by atoms with Crippen LogP contribution < -0.4 is 0 Å². The highest BCUT2D eigenvalue weighted by molar-refractivity contribution is 5.94. The Morgan fingerprint density at radius 3 is 2.94 bits per heavy atom. The zero-order chi connectivity index (χ0) is 11.7. The van der Waals surface area contributed by atoms with Crippen molar-refractivity contribution >= 4 is 22.4 Å². The summed E-state index contributed by atoms with van der Waals surface area (Å²) in [6.45, 7) is 0.828. The lowest BCUT2D eigenvalue weighted by atomic mass is 10.2. The average Bonchev–Trinajstić information content (AvgIpc) is 2.93. The third-order valence-corrected chi connectivity index (χ3v) is 2.78. The number of rotatable bonds is 1. The van der Waals surface area contributed by atoms with Crippen LogP contribution in [0.25, 0.3) is 10.9 Å². The van der Waals surface area contributed by atoms with Gasteiger partial charge in [-0.05, 0) is 12.5 Å². The molecule has 0 saturated carbocycles. The highest BCUT2D eigenvalue weighted by Crippen LogP contribution is 2.35. The summed E-state index contributed by atoms with van der Waals surface area (Å²) in [5.74, 6) is 0.809. The molecule has 0 amide bonds. The predicted octanol–water partition coefficient (Wildman–Crippen LogP) is 3.15. The van der Waals surface area contributed by atoms with Gasteiger partial charge < -0.3 is 10.1 Å². The second-order valence-corrected chi connectivity index (χ2v) is 3.97. The molecule has 0 bridgehead atoms. The molecule has 3 rings (SSSR count). The van der Waals surface area contributed by atoms with Gasteiger partial charge in [-0.1, -0.05) is 18.2 Å². The normalized spacial score (nSPS) is 15.9. The monoisotopic (exact) mass is 228 g/mol. The van der Waals surface area contributed by atoms with E-state index in [4.69, 9.17) is 0 Å². The fourth-order valence-electron chi connectivity index (χ4n) is 1.93. The van der Waals surface area contributed by atoms with E-state index in [1.165, 1.54) is 0 Å². The fraction of sp³-hybridized carbons (Fsp3) is 0.250. The number of aromatic amines is 1. The van der Waals surface area contributed by atoms with Crippen molar-refractivity contribution in [2.45, 2.75) is 12.8 Å². The Bertz CT molecular complexity index is 612. The highest BCUT2D eigenvalue weighted by Gasteiger charge is 2.10. The minimum Gasteiger partial charge on any atom is -0.493 e. The van der Waals surface area contributed by atoms with Gasteiger partial charge in [0.1, 0.15) is 5.84 Å². The van der Waals surface area contributed by atoms with E-state index in [2.05, 4.69) is 20.2 Å². The smallest absolute Gasteiger partial charge is 0.218 e. The van der Waals surface area contributed by atoms with Gasteiger partial charge in [0.2, 0.25) is 5.88 Å². The van der Waals surface area contributed by atoms with Gasteiger partial charge in [-0.2, -0.15) is 0 Å². The molecule has 0 radical (unpaired) electrons. The predicted molar refractivity (Wildman–Crippen MR) is 66.0 cm³/mol. The van der Waals surface area contributed by atoms with E-state index in [0.29, 0.717) is 5.69 Å². The summed E-state index contributed by atoms with van der Waals surface area (Å²) in [5.41, 5.74) is 1.34. The lowest BCUT2D eigenvalue weighted by molar-refractivity contribution is 0.459. The van der Waals surface area contributed by atoms with Crippen molar-refractivity contribution in [3.8, 4) is 5.88 Å². The molecule has 0 unspecified atom stereocenters. The quantitative estimate of drug-likeness (QED) is 0.723. The van der Waals surface area contributed by atoms with Crippen LogP contribution >= 0.6 is 0 Å². The van der Waals surface area contributed by atoms with Crippen molar-refractivity contribution in [1.82, 2.24) is 4.98 Å². The van der Waals surface area contributed by atoms with Crippen molar-refractivity contribution in [2.24, 2.45) is 15.2 Å². The Morgan fingerprint density at radius 1 is 1.24 bits per heavy atom. The first-order valence-electron chi connectivity index (χ1n) is 5.59. The van der Waals surface area contributed by atoms with Crippen molar-refractivity contribution in [1.29, 1.82) is 0 Å². The van der Waals surface area contributed by atoms with Crippen molar-refractivity contribution in [3.63, 3.8) is 0 Å². The first-order valence-corrected chi connectivity index (χ1v) is 5.59. The maximum Gasteiger partial charge on any atom is 0.218 e. The summed E-state index contributed by atoms with van der Waals surface area (Å²) in [7, 11) is 0. The van der Waals surface area contributed by atoms with Crippen LogP contribution in [0.5, 0.6) is 5.88 Å². The first-order chi connectivity index (χ1) is 8.34. The van der Waals surface area contributed by atoms with Gasteiger partial charge >= 0.3 is 0 Å². The fourth-order valence-corrected chi connectivity index (χ4v) is 1.93. The minimum atomic E-state index is 0.0496. The molecule has 86 valence electrons. The molecule has 0 aliphatic carbocycles. The molecular weight excluding hydrogens is 216 g/mol. The Balaban J connectivity index is 2.02. The number of aliphatic imine (C=N–C) groups is 1. The van der Waals surface area contributed by atoms with Crippen LogP contribution in [-0.4, -0.2) is 22.5 Å². The number of azo groups is 1. The lowest BCUT2D eigenvalue weighted by Gasteiger charge is -1.91. The van der Waals surface area contributed by atoms with Crippen LogP contribution in [0, 0.1) is 0 Å². The number of benzene rings is 1. The van der Waals surface area contributed by atoms with Gasteiger partial charge in [0.05, 0.1) is 5.52 Å². The number of nitrogens with zero attached hydrogens (tertiary/aromatic N) is 3. The van der Waals surface area contributed by atoms with Crippen LogP contribution in [0.1, 0.15) is 12.8 Å². The van der Waals surface area contributed by atoms with E-state index in [1.54, 1.807) is 0 Å². The Labute approximate surface area is 97.9 Å². The van der Waals surface area contributed by atoms with Gasteiger partial charge in [0, 0.05) is 18.4 Å². The molecule has 1 aliphatic heterocycles. The number of aromatic hydroxyl groups is 1. The van der Waals surface area contributed by atoms with Crippen LogP contribution in [0.15, 0.2) is 39.5 Å². The van der Waals surface area contributed by atoms with Gasteiger partial charge in [-0.3, -0.25) is 4.99 Å². The number of fused-ring (bicyclic) bond motifs is 1. The molecule has 5 heteroatoms. The zero-order valence-electron chi connectivity index (χ0n) is 9.22. The van der Waals surface area contributed by atoms with Crippen LogP contribution in [0.3, 0.4) is 0 Å². The number of para-hydroxylation sites is 1. The summed E-state index contributed by atoms with van der Waals surface area (Å²) >= 11 is 0. The van der Waals surface area contributed by atoms with Crippen LogP contribution in [0.2, 0.25) is 0 Å². The maximum atomic E-state index is 9.76. The molecule has 0 fully saturated rings. The molecule has 2 heterocycles. The molecule has 2 N–H and O–H groups in total. The standard InChI is InChI=1S/C12H12N4O/c17-12-11(16-15-10-6-3-7-13-10)8-4-1-2-5-9(8)14-12/h1-2,4-5,14,17H,3,6-7H2. The van der Waals surface area contributed by atoms with Crippen molar-refractivity contribution < 1.29 is 5.11 Å². The van der Waals surface area contributed by atoms with E-state index < -0.39 is 0 Å². The first kappa shape index (κ1) is 10.0. The summed E-state index contributed by atoms with van der Waals surface area (Å²) in [5, 5.41) is 18.8. The minimum absolute atomic E-state index is 0.0496. The Kier molecular flexibility index (Phi) is 2.36. The molecule has 0 atom stereocenters.